The number of oxime groups is 1. The van der Waals surface area contributed by atoms with Crippen LogP contribution < -0.4 is 0 Å². The van der Waals surface area contributed by atoms with Gasteiger partial charge in [-0.1, -0.05) is 25.9 Å². The molecule has 0 saturated heterocycles. The Hall–Kier alpha value is -0.660. The van der Waals surface area contributed by atoms with Crippen LogP contribution in [-0.2, 0) is 14.6 Å². The summed E-state index contributed by atoms with van der Waals surface area (Å²) in [6, 6.07) is 0. The number of rotatable bonds is 3. The number of hydrogen-bond donors (Lipinski definition) is 2. The van der Waals surface area contributed by atoms with Crippen LogP contribution in [0.1, 0.15) is 34.6 Å². The van der Waals surface area contributed by atoms with Crippen molar-refractivity contribution in [1.29, 1.82) is 0 Å². The van der Waals surface area contributed by atoms with Gasteiger partial charge >= 0.3 is 10.4 Å². The molecule has 0 rings (SSSR count). The molecule has 0 bridgehead atoms. The zero-order chi connectivity index (χ0) is 12.5. The quantitative estimate of drug-likeness (QED) is 0.336. The molecular weight excluding hydrogens is 222 g/mol. The third-order valence-corrected chi connectivity index (χ3v) is 3.09. The molecule has 1 unspecified atom stereocenters. The number of hydrogen-bond acceptors (Lipinski definition) is 5. The molecule has 1 atom stereocenters. The molecule has 0 aromatic rings. The van der Waals surface area contributed by atoms with E-state index in [0.717, 1.165) is 0 Å². The molecule has 0 heterocycles. The second-order valence-electron chi connectivity index (χ2n) is 4.48. The third-order valence-electron chi connectivity index (χ3n) is 2.54. The average molecular weight is 239 g/mol. The predicted octanol–water partition coefficient (Wildman–Crippen LogP) is 1.46. The van der Waals surface area contributed by atoms with Crippen LogP contribution in [0.15, 0.2) is 5.16 Å². The summed E-state index contributed by atoms with van der Waals surface area (Å²) in [5.74, 6) is 0. The lowest BCUT2D eigenvalue weighted by atomic mass is 9.75. The summed E-state index contributed by atoms with van der Waals surface area (Å²) in [6.07, 6.45) is 0. The Morgan fingerprint density at radius 1 is 1.27 bits per heavy atom. The first-order chi connectivity index (χ1) is 6.44. The van der Waals surface area contributed by atoms with Crippen LogP contribution in [0.2, 0.25) is 0 Å². The van der Waals surface area contributed by atoms with Crippen molar-refractivity contribution in [2.75, 3.05) is 0 Å². The summed E-state index contributed by atoms with van der Waals surface area (Å²) in [6.45, 7) is 7.94. The topological polar surface area (TPSA) is 96.2 Å². The molecule has 0 aliphatic carbocycles. The molecule has 0 fully saturated rings. The smallest absolute Gasteiger partial charge is 0.398 e. The molecule has 0 spiro atoms. The summed E-state index contributed by atoms with van der Waals surface area (Å²) >= 11 is 0. The maximum atomic E-state index is 10.7. The summed E-state index contributed by atoms with van der Waals surface area (Å²) in [5.41, 5.74) is -2.01. The summed E-state index contributed by atoms with van der Waals surface area (Å²) in [5, 5.41) is 11.6. The Kier molecular flexibility index (Phi) is 3.89. The van der Waals surface area contributed by atoms with Crippen molar-refractivity contribution in [3.63, 3.8) is 0 Å². The second-order valence-corrected chi connectivity index (χ2v) is 5.50. The minimum absolute atomic E-state index is 0.0626. The van der Waals surface area contributed by atoms with Gasteiger partial charge in [0.1, 0.15) is 5.60 Å². The lowest BCUT2D eigenvalue weighted by Crippen LogP contribution is -2.49. The Morgan fingerprint density at radius 2 is 1.67 bits per heavy atom. The van der Waals surface area contributed by atoms with Crippen molar-refractivity contribution >= 4 is 16.1 Å². The van der Waals surface area contributed by atoms with Crippen molar-refractivity contribution in [1.82, 2.24) is 0 Å². The standard InChI is InChI=1S/C8H17NO5S/c1-6(9-10)8(5,7(2,3)4)14-15(11,12)13/h10H,1-5H3,(H,11,12,13)/b9-6+. The van der Waals surface area contributed by atoms with Crippen LogP contribution in [0.3, 0.4) is 0 Å². The monoisotopic (exact) mass is 239 g/mol. The van der Waals surface area contributed by atoms with Gasteiger partial charge in [-0.05, 0) is 19.3 Å². The first-order valence-corrected chi connectivity index (χ1v) is 5.68. The molecular formula is C8H17NO5S. The van der Waals surface area contributed by atoms with E-state index in [1.807, 2.05) is 0 Å². The van der Waals surface area contributed by atoms with Crippen LogP contribution in [0.5, 0.6) is 0 Å². The molecule has 0 aliphatic heterocycles. The molecule has 0 aliphatic rings. The zero-order valence-electron chi connectivity index (χ0n) is 9.47. The molecule has 0 aromatic heterocycles. The number of nitrogens with zero attached hydrogens (tertiary/aromatic N) is 1. The van der Waals surface area contributed by atoms with E-state index in [4.69, 9.17) is 9.76 Å². The summed E-state index contributed by atoms with van der Waals surface area (Å²) in [7, 11) is -4.61. The van der Waals surface area contributed by atoms with Gasteiger partial charge in [0.15, 0.2) is 0 Å². The van der Waals surface area contributed by atoms with E-state index < -0.39 is 21.4 Å². The SMILES string of the molecule is C/C(=N\O)C(C)(OS(=O)(=O)O)C(C)(C)C. The molecule has 0 saturated carbocycles. The normalized spacial score (nSPS) is 18.7. The van der Waals surface area contributed by atoms with Gasteiger partial charge in [0, 0.05) is 0 Å². The van der Waals surface area contributed by atoms with E-state index in [-0.39, 0.29) is 5.71 Å². The van der Waals surface area contributed by atoms with E-state index in [0.29, 0.717) is 0 Å². The lowest BCUT2D eigenvalue weighted by molar-refractivity contribution is 0.0386. The van der Waals surface area contributed by atoms with E-state index >= 15 is 0 Å². The first-order valence-electron chi connectivity index (χ1n) is 4.31. The van der Waals surface area contributed by atoms with E-state index in [2.05, 4.69) is 9.34 Å². The van der Waals surface area contributed by atoms with Crippen molar-refractivity contribution in [2.45, 2.75) is 40.2 Å². The van der Waals surface area contributed by atoms with Crippen molar-refractivity contribution < 1.29 is 22.4 Å². The minimum atomic E-state index is -4.61. The van der Waals surface area contributed by atoms with Gasteiger partial charge in [0.25, 0.3) is 0 Å². The van der Waals surface area contributed by atoms with Gasteiger partial charge in [-0.15, -0.1) is 0 Å². The Labute approximate surface area is 89.9 Å². The van der Waals surface area contributed by atoms with Gasteiger partial charge in [-0.2, -0.15) is 8.42 Å². The highest BCUT2D eigenvalue weighted by molar-refractivity contribution is 7.81. The molecule has 2 N–H and O–H groups in total. The van der Waals surface area contributed by atoms with Crippen LogP contribution in [0.4, 0.5) is 0 Å². The van der Waals surface area contributed by atoms with E-state index in [1.165, 1.54) is 13.8 Å². The van der Waals surface area contributed by atoms with Gasteiger partial charge in [0.2, 0.25) is 0 Å². The highest BCUT2D eigenvalue weighted by Crippen LogP contribution is 2.35. The minimum Gasteiger partial charge on any atom is -0.411 e. The zero-order valence-corrected chi connectivity index (χ0v) is 10.3. The molecule has 7 heteroatoms. The van der Waals surface area contributed by atoms with Gasteiger partial charge < -0.3 is 5.21 Å². The summed E-state index contributed by atoms with van der Waals surface area (Å²) < 4.78 is 34.7. The van der Waals surface area contributed by atoms with Crippen molar-refractivity contribution in [3.8, 4) is 0 Å². The lowest BCUT2D eigenvalue weighted by Gasteiger charge is -2.39. The van der Waals surface area contributed by atoms with E-state index in [9.17, 15) is 8.42 Å². The fourth-order valence-corrected chi connectivity index (χ4v) is 1.83. The molecule has 0 radical (unpaired) electrons. The molecule has 6 nitrogen and oxygen atoms in total. The third kappa shape index (κ3) is 3.44. The molecule has 0 amide bonds. The maximum absolute atomic E-state index is 10.7. The molecule has 90 valence electrons. The Bertz CT molecular complexity index is 354. The van der Waals surface area contributed by atoms with Crippen LogP contribution in [-0.4, -0.2) is 29.5 Å². The molecule has 0 aromatic carbocycles. The summed E-state index contributed by atoms with van der Waals surface area (Å²) in [4.78, 5) is 0. The van der Waals surface area contributed by atoms with Crippen LogP contribution in [0, 0.1) is 5.41 Å². The van der Waals surface area contributed by atoms with Gasteiger partial charge in [-0.3, -0.25) is 4.55 Å². The fourth-order valence-electron chi connectivity index (χ4n) is 1.03. The fraction of sp³-hybridized carbons (Fsp3) is 0.875. The van der Waals surface area contributed by atoms with Crippen LogP contribution >= 0.6 is 0 Å². The Balaban J connectivity index is 5.44. The highest BCUT2D eigenvalue weighted by atomic mass is 32.3. The highest BCUT2D eigenvalue weighted by Gasteiger charge is 2.45. The first kappa shape index (κ1) is 14.3. The average Bonchev–Trinajstić information content (AvgIpc) is 1.97. The van der Waals surface area contributed by atoms with Crippen molar-refractivity contribution in [3.05, 3.63) is 0 Å². The molecule has 15 heavy (non-hydrogen) atoms. The predicted molar refractivity (Wildman–Crippen MR) is 55.4 cm³/mol. The largest absolute Gasteiger partial charge is 0.411 e. The van der Waals surface area contributed by atoms with E-state index in [1.54, 1.807) is 20.8 Å². The van der Waals surface area contributed by atoms with Gasteiger partial charge in [0.05, 0.1) is 5.71 Å². The van der Waals surface area contributed by atoms with Crippen LogP contribution in [0.25, 0.3) is 0 Å². The van der Waals surface area contributed by atoms with Crippen molar-refractivity contribution in [2.24, 2.45) is 10.6 Å². The second kappa shape index (κ2) is 4.07. The Morgan fingerprint density at radius 3 is 1.87 bits per heavy atom. The maximum Gasteiger partial charge on any atom is 0.398 e. The van der Waals surface area contributed by atoms with Gasteiger partial charge in [-0.25, -0.2) is 4.18 Å².